The third kappa shape index (κ3) is 3.28. The number of carboxylic acid groups (broad SMARTS) is 1. The van der Waals surface area contributed by atoms with E-state index in [-0.39, 0.29) is 22.1 Å². The molecule has 2 heterocycles. The number of hydrogen-bond donors (Lipinski definition) is 1. The van der Waals surface area contributed by atoms with Crippen molar-refractivity contribution >= 4 is 62.3 Å². The number of amides is 1. The molecule has 1 N–H and O–H groups in total. The fourth-order valence-corrected chi connectivity index (χ4v) is 4.57. The van der Waals surface area contributed by atoms with E-state index in [1.807, 2.05) is 0 Å². The van der Waals surface area contributed by atoms with Gasteiger partial charge in [-0.05, 0) is 18.2 Å². The first-order valence-electron chi connectivity index (χ1n) is 8.07. The predicted octanol–water partition coefficient (Wildman–Crippen LogP) is 4.51. The van der Waals surface area contributed by atoms with Crippen molar-refractivity contribution in [1.82, 2.24) is 4.98 Å². The molecule has 0 aliphatic carbocycles. The Morgan fingerprint density at radius 3 is 2.86 bits per heavy atom. The van der Waals surface area contributed by atoms with Crippen LogP contribution >= 0.6 is 34.5 Å². The van der Waals surface area contributed by atoms with Crippen LogP contribution in [0.5, 0.6) is 5.75 Å². The van der Waals surface area contributed by atoms with Crippen molar-refractivity contribution in [1.29, 1.82) is 0 Å². The summed E-state index contributed by atoms with van der Waals surface area (Å²) >= 11 is 13.1. The van der Waals surface area contributed by atoms with Gasteiger partial charge in [0.15, 0.2) is 11.9 Å². The van der Waals surface area contributed by atoms with E-state index in [0.717, 1.165) is 0 Å². The average Bonchev–Trinajstić information content (AvgIpc) is 3.05. The quantitative estimate of drug-likeness (QED) is 0.603. The Kier molecular flexibility index (Phi) is 4.86. The van der Waals surface area contributed by atoms with Gasteiger partial charge in [0.1, 0.15) is 21.3 Å². The Labute approximate surface area is 172 Å². The standard InChI is InChI=1S/C18H11Cl2FN2O4S/c19-8-5-12-17(15(20)16(8)21)22-13(28-12)7-23-9-3-1-2-4-10(9)27-11(18(23)26)6-14(24)25/h1-5,11H,6-7H2,(H,24,25). The topological polar surface area (TPSA) is 79.7 Å². The zero-order valence-electron chi connectivity index (χ0n) is 14.0. The van der Waals surface area contributed by atoms with E-state index in [2.05, 4.69) is 4.98 Å². The van der Waals surface area contributed by atoms with Crippen molar-refractivity contribution in [2.24, 2.45) is 0 Å². The van der Waals surface area contributed by atoms with Gasteiger partial charge in [0, 0.05) is 0 Å². The van der Waals surface area contributed by atoms with Crippen LogP contribution in [0.2, 0.25) is 10.0 Å². The normalized spacial score (nSPS) is 16.2. The lowest BCUT2D eigenvalue weighted by atomic mass is 10.1. The number of para-hydroxylation sites is 2. The number of aliphatic carboxylic acids is 1. The molecule has 4 rings (SSSR count). The molecular formula is C18H11Cl2FN2O4S. The molecule has 0 radical (unpaired) electrons. The maximum atomic E-state index is 13.9. The average molecular weight is 441 g/mol. The summed E-state index contributed by atoms with van der Waals surface area (Å²) in [6.45, 7) is 0.0598. The van der Waals surface area contributed by atoms with Crippen molar-refractivity contribution in [2.45, 2.75) is 19.1 Å². The van der Waals surface area contributed by atoms with E-state index in [1.54, 1.807) is 24.3 Å². The highest BCUT2D eigenvalue weighted by molar-refractivity contribution is 7.18. The number of fused-ring (bicyclic) bond motifs is 2. The van der Waals surface area contributed by atoms with Gasteiger partial charge in [-0.25, -0.2) is 9.37 Å². The van der Waals surface area contributed by atoms with Gasteiger partial charge >= 0.3 is 5.97 Å². The van der Waals surface area contributed by atoms with Crippen LogP contribution in [0.15, 0.2) is 30.3 Å². The van der Waals surface area contributed by atoms with Gasteiger partial charge in [0.2, 0.25) is 0 Å². The smallest absolute Gasteiger partial charge is 0.307 e. The zero-order valence-corrected chi connectivity index (χ0v) is 16.3. The summed E-state index contributed by atoms with van der Waals surface area (Å²) in [5.41, 5.74) is 0.767. The number of thiazole rings is 1. The molecule has 1 aliphatic heterocycles. The minimum absolute atomic E-state index is 0.0598. The molecule has 0 bridgehead atoms. The number of halogens is 3. The molecule has 144 valence electrons. The third-order valence-electron chi connectivity index (χ3n) is 4.19. The first kappa shape index (κ1) is 18.9. The van der Waals surface area contributed by atoms with E-state index >= 15 is 0 Å². The number of benzene rings is 2. The number of carbonyl (C=O) groups excluding carboxylic acids is 1. The van der Waals surface area contributed by atoms with Gasteiger partial charge in [-0.2, -0.15) is 0 Å². The molecule has 1 aromatic heterocycles. The molecule has 6 nitrogen and oxygen atoms in total. The van der Waals surface area contributed by atoms with E-state index in [1.165, 1.54) is 22.3 Å². The van der Waals surface area contributed by atoms with Gasteiger partial charge in [-0.1, -0.05) is 35.3 Å². The lowest BCUT2D eigenvalue weighted by Gasteiger charge is -2.33. The molecule has 1 aliphatic rings. The summed E-state index contributed by atoms with van der Waals surface area (Å²) in [7, 11) is 0. The van der Waals surface area contributed by atoms with Crippen LogP contribution in [0.3, 0.4) is 0 Å². The monoisotopic (exact) mass is 440 g/mol. The van der Waals surface area contributed by atoms with Crippen LogP contribution in [-0.4, -0.2) is 28.1 Å². The largest absolute Gasteiger partial charge is 0.481 e. The molecule has 10 heteroatoms. The number of nitrogens with zero attached hydrogens (tertiary/aromatic N) is 2. The Hall–Kier alpha value is -2.42. The van der Waals surface area contributed by atoms with Gasteiger partial charge in [-0.15, -0.1) is 11.3 Å². The Morgan fingerprint density at radius 1 is 1.36 bits per heavy atom. The minimum Gasteiger partial charge on any atom is -0.481 e. The number of aromatic nitrogens is 1. The number of rotatable bonds is 4. The highest BCUT2D eigenvalue weighted by atomic mass is 35.5. The van der Waals surface area contributed by atoms with Crippen LogP contribution in [-0.2, 0) is 16.1 Å². The second-order valence-corrected chi connectivity index (χ2v) is 7.94. The molecule has 0 saturated heterocycles. The molecule has 0 spiro atoms. The van der Waals surface area contributed by atoms with Crippen molar-refractivity contribution in [3.8, 4) is 5.75 Å². The second-order valence-electron chi connectivity index (χ2n) is 6.04. The lowest BCUT2D eigenvalue weighted by Crippen LogP contribution is -2.46. The number of hydrogen-bond acceptors (Lipinski definition) is 5. The van der Waals surface area contributed by atoms with Gasteiger partial charge < -0.3 is 9.84 Å². The van der Waals surface area contributed by atoms with Gasteiger partial charge in [-0.3, -0.25) is 14.5 Å². The molecule has 0 fully saturated rings. The van der Waals surface area contributed by atoms with Crippen LogP contribution in [0.4, 0.5) is 10.1 Å². The predicted molar refractivity (Wildman–Crippen MR) is 104 cm³/mol. The molecule has 1 atom stereocenters. The summed E-state index contributed by atoms with van der Waals surface area (Å²) in [4.78, 5) is 29.7. The summed E-state index contributed by atoms with van der Waals surface area (Å²) in [6, 6.07) is 8.26. The van der Waals surface area contributed by atoms with Crippen molar-refractivity contribution in [3.05, 3.63) is 51.2 Å². The van der Waals surface area contributed by atoms with Gasteiger partial charge in [0.25, 0.3) is 5.91 Å². The number of ether oxygens (including phenoxy) is 1. The van der Waals surface area contributed by atoms with E-state index < -0.39 is 30.2 Å². The number of carbonyl (C=O) groups is 2. The van der Waals surface area contributed by atoms with Crippen LogP contribution in [0.1, 0.15) is 11.4 Å². The van der Waals surface area contributed by atoms with E-state index in [9.17, 15) is 14.0 Å². The fourth-order valence-electron chi connectivity index (χ4n) is 2.95. The Morgan fingerprint density at radius 2 is 2.11 bits per heavy atom. The van der Waals surface area contributed by atoms with Crippen LogP contribution in [0, 0.1) is 5.82 Å². The summed E-state index contributed by atoms with van der Waals surface area (Å²) in [5, 5.41) is 9.27. The maximum Gasteiger partial charge on any atom is 0.307 e. The molecule has 2 aromatic carbocycles. The molecule has 0 saturated carbocycles. The van der Waals surface area contributed by atoms with Crippen LogP contribution < -0.4 is 9.64 Å². The first-order valence-corrected chi connectivity index (χ1v) is 9.64. The summed E-state index contributed by atoms with van der Waals surface area (Å²) in [5.74, 6) is -1.98. The zero-order chi connectivity index (χ0) is 20.0. The number of anilines is 1. The first-order chi connectivity index (χ1) is 13.3. The van der Waals surface area contributed by atoms with E-state index in [4.69, 9.17) is 33.0 Å². The van der Waals surface area contributed by atoms with Gasteiger partial charge in [0.05, 0.1) is 28.4 Å². The van der Waals surface area contributed by atoms with Crippen molar-refractivity contribution in [3.63, 3.8) is 0 Å². The molecular weight excluding hydrogens is 430 g/mol. The highest BCUT2D eigenvalue weighted by Crippen LogP contribution is 2.38. The van der Waals surface area contributed by atoms with Crippen molar-refractivity contribution in [2.75, 3.05) is 4.90 Å². The molecule has 1 amide bonds. The highest BCUT2D eigenvalue weighted by Gasteiger charge is 2.36. The second kappa shape index (κ2) is 7.20. The maximum absolute atomic E-state index is 13.9. The summed E-state index contributed by atoms with van der Waals surface area (Å²) < 4.78 is 20.1. The third-order valence-corrected chi connectivity index (χ3v) is 5.79. The summed E-state index contributed by atoms with van der Waals surface area (Å²) in [6.07, 6.45) is -1.60. The van der Waals surface area contributed by atoms with E-state index in [0.29, 0.717) is 21.1 Å². The lowest BCUT2D eigenvalue weighted by molar-refractivity contribution is -0.142. The minimum atomic E-state index is -1.14. The molecule has 1 unspecified atom stereocenters. The fraction of sp³-hybridized carbons (Fsp3) is 0.167. The van der Waals surface area contributed by atoms with Crippen molar-refractivity contribution < 1.29 is 23.8 Å². The molecule has 3 aromatic rings. The Balaban J connectivity index is 1.73. The van der Waals surface area contributed by atoms with Crippen LogP contribution in [0.25, 0.3) is 10.2 Å². The Bertz CT molecular complexity index is 1120. The molecule has 28 heavy (non-hydrogen) atoms. The SMILES string of the molecule is O=C(O)CC1Oc2ccccc2N(Cc2nc3c(Cl)c(F)c(Cl)cc3s2)C1=O. The number of carboxylic acids is 1.